The van der Waals surface area contributed by atoms with Gasteiger partial charge in [0.05, 0.1) is 0 Å². The fraction of sp³-hybridized carbons (Fsp3) is 0. The first-order chi connectivity index (χ1) is 2.91. The lowest BCUT2D eigenvalue weighted by atomic mass is 10.7. The number of allylic oxidation sites excluding steroid dienone is 1. The summed E-state index contributed by atoms with van der Waals surface area (Å²) in [5.74, 6) is 0. The van der Waals surface area contributed by atoms with Gasteiger partial charge in [-0.3, -0.25) is 4.79 Å². The number of hydrogen-bond acceptors (Lipinski definition) is 2. The summed E-state index contributed by atoms with van der Waals surface area (Å²) in [5.41, 5.74) is 7.07. The van der Waals surface area contributed by atoms with Gasteiger partial charge in [-0.15, -0.1) is 0 Å². The van der Waals surface area contributed by atoms with E-state index in [4.69, 9.17) is 5.73 Å². The molecule has 0 aliphatic rings. The van der Waals surface area contributed by atoms with Crippen LogP contribution in [0.1, 0.15) is 0 Å². The maximum atomic E-state index is 9.25. The van der Waals surface area contributed by atoms with Crippen molar-refractivity contribution in [1.29, 1.82) is 0 Å². The summed E-state index contributed by atoms with van der Waals surface area (Å²) in [6, 6.07) is 0. The zero-order valence-corrected chi connectivity index (χ0v) is 3.14. The summed E-state index contributed by atoms with van der Waals surface area (Å²) in [5, 5.41) is 0. The Morgan fingerprint density at radius 3 is 2.50 bits per heavy atom. The second-order valence-electron chi connectivity index (χ2n) is 0.596. The lowest BCUT2D eigenvalue weighted by molar-refractivity contribution is 0.564. The molecule has 0 unspecified atom stereocenters. The average Bonchev–Trinajstić information content (AvgIpc) is 1.61. The van der Waals surface area contributed by atoms with E-state index in [9.17, 15) is 4.79 Å². The number of rotatable bonds is 1. The van der Waals surface area contributed by atoms with Gasteiger partial charge in [0.2, 0.25) is 6.29 Å². The van der Waals surface area contributed by atoms with Crippen LogP contribution in [0.5, 0.6) is 0 Å². The highest BCUT2D eigenvalue weighted by Gasteiger charge is 1.51. The molecule has 0 aromatic carbocycles. The van der Waals surface area contributed by atoms with Gasteiger partial charge in [0, 0.05) is 12.3 Å². The number of nitrogens with two attached hydrogens (primary N) is 1. The van der Waals surface area contributed by atoms with Gasteiger partial charge in [-0.25, -0.2) is 0 Å². The smallest absolute Gasteiger partial charge is 0.234 e. The maximum Gasteiger partial charge on any atom is 0.234 e. The molecule has 0 amide bonds. The third kappa shape index (κ3) is 2.99. The predicted molar refractivity (Wildman–Crippen MR) is 22.5 cm³/mol. The van der Waals surface area contributed by atoms with E-state index in [0.717, 1.165) is 12.3 Å². The van der Waals surface area contributed by atoms with Gasteiger partial charge in [0.1, 0.15) is 0 Å². The van der Waals surface area contributed by atoms with E-state index in [-0.39, 0.29) is 0 Å². The number of hydrogen-bond donors (Lipinski definition) is 1. The normalized spacial score (nSPS) is 5.33. The van der Waals surface area contributed by atoms with Gasteiger partial charge < -0.3 is 5.73 Å². The SMILES string of the molecule is NC=C=C[C]=O. The summed E-state index contributed by atoms with van der Waals surface area (Å²) in [4.78, 5) is 9.25. The minimum atomic E-state index is 1.07. The Morgan fingerprint density at radius 2 is 2.33 bits per heavy atom. The van der Waals surface area contributed by atoms with Crippen LogP contribution in [0.25, 0.3) is 0 Å². The van der Waals surface area contributed by atoms with Crippen LogP contribution >= 0.6 is 0 Å². The molecule has 2 heteroatoms. The summed E-state index contributed by atoms with van der Waals surface area (Å²) < 4.78 is 0. The monoisotopic (exact) mass is 82.0 g/mol. The average molecular weight is 82.1 g/mol. The molecule has 0 aliphatic heterocycles. The van der Waals surface area contributed by atoms with E-state index in [1.165, 1.54) is 6.29 Å². The van der Waals surface area contributed by atoms with E-state index in [0.29, 0.717) is 0 Å². The molecule has 0 aliphatic carbocycles. The van der Waals surface area contributed by atoms with Crippen LogP contribution in [0.2, 0.25) is 0 Å². The van der Waals surface area contributed by atoms with Crippen molar-refractivity contribution in [3.8, 4) is 0 Å². The van der Waals surface area contributed by atoms with Crippen LogP contribution in [0, 0.1) is 0 Å². The van der Waals surface area contributed by atoms with Gasteiger partial charge in [-0.05, 0) is 0 Å². The standard InChI is InChI=1S/C4H4NO/c5-3-1-2-4-6/h2-3H,5H2. The molecule has 31 valence electrons. The molecular weight excluding hydrogens is 78.0 g/mol. The molecule has 2 nitrogen and oxygen atoms in total. The van der Waals surface area contributed by atoms with Crippen molar-refractivity contribution in [2.24, 2.45) is 5.73 Å². The quantitative estimate of drug-likeness (QED) is 0.349. The zero-order chi connectivity index (χ0) is 4.83. The lowest BCUT2D eigenvalue weighted by Crippen LogP contribution is -1.70. The van der Waals surface area contributed by atoms with Crippen LogP contribution in [-0.2, 0) is 4.79 Å². The molecule has 0 saturated heterocycles. The molecule has 0 rings (SSSR count). The van der Waals surface area contributed by atoms with Gasteiger partial charge in [0.25, 0.3) is 0 Å². The van der Waals surface area contributed by atoms with Crippen LogP contribution in [0.4, 0.5) is 0 Å². The fourth-order valence-corrected chi connectivity index (χ4v) is 0.0821. The predicted octanol–water partition coefficient (Wildman–Crippen LogP) is -0.276. The third-order valence-electron chi connectivity index (χ3n) is 0.238. The summed E-state index contributed by atoms with van der Waals surface area (Å²) >= 11 is 0. The van der Waals surface area contributed by atoms with E-state index in [1.54, 1.807) is 0 Å². The Labute approximate surface area is 36.0 Å². The van der Waals surface area contributed by atoms with Gasteiger partial charge in [-0.2, -0.15) is 0 Å². The van der Waals surface area contributed by atoms with Gasteiger partial charge >= 0.3 is 0 Å². The van der Waals surface area contributed by atoms with Crippen molar-refractivity contribution < 1.29 is 4.79 Å². The Morgan fingerprint density at radius 1 is 1.67 bits per heavy atom. The second kappa shape index (κ2) is 3.99. The first kappa shape index (κ1) is 4.99. The molecule has 2 N–H and O–H groups in total. The Balaban J connectivity index is 3.46. The highest BCUT2D eigenvalue weighted by atomic mass is 16.1. The molecule has 0 bridgehead atoms. The van der Waals surface area contributed by atoms with Gasteiger partial charge in [-0.1, -0.05) is 5.73 Å². The molecule has 0 atom stereocenters. The van der Waals surface area contributed by atoms with Crippen molar-refractivity contribution in [1.82, 2.24) is 0 Å². The van der Waals surface area contributed by atoms with E-state index >= 15 is 0 Å². The summed E-state index contributed by atoms with van der Waals surface area (Å²) in [6.45, 7) is 0. The Hall–Kier alpha value is -1.01. The molecule has 0 fully saturated rings. The van der Waals surface area contributed by atoms with Crippen LogP contribution < -0.4 is 5.73 Å². The Kier molecular flexibility index (Phi) is 3.32. The maximum absolute atomic E-state index is 9.25. The molecular formula is C4H4NO. The first-order valence-corrected chi connectivity index (χ1v) is 1.40. The molecule has 0 spiro atoms. The highest BCUT2D eigenvalue weighted by Crippen LogP contribution is 1.48. The van der Waals surface area contributed by atoms with Gasteiger partial charge in [0.15, 0.2) is 0 Å². The molecule has 1 radical (unpaired) electrons. The minimum Gasteiger partial charge on any atom is -0.398 e. The summed E-state index contributed by atoms with van der Waals surface area (Å²) in [6.07, 6.45) is 3.68. The van der Waals surface area contributed by atoms with E-state index in [2.05, 4.69) is 5.73 Å². The van der Waals surface area contributed by atoms with Crippen molar-refractivity contribution in [3.63, 3.8) is 0 Å². The van der Waals surface area contributed by atoms with Crippen molar-refractivity contribution in [3.05, 3.63) is 18.0 Å². The van der Waals surface area contributed by atoms with Crippen molar-refractivity contribution in [2.75, 3.05) is 0 Å². The molecule has 0 heterocycles. The molecule has 0 aromatic heterocycles. The van der Waals surface area contributed by atoms with Crippen molar-refractivity contribution >= 4 is 6.29 Å². The minimum absolute atomic E-state index is 1.07. The van der Waals surface area contributed by atoms with Crippen molar-refractivity contribution in [2.45, 2.75) is 0 Å². The number of carbonyl (C=O) groups excluding carboxylic acids is 1. The van der Waals surface area contributed by atoms with Crippen LogP contribution in [-0.4, -0.2) is 6.29 Å². The Bertz CT molecular complexity index is 89.7. The summed E-state index contributed by atoms with van der Waals surface area (Å²) in [7, 11) is 0. The molecule has 0 saturated carbocycles. The fourth-order valence-electron chi connectivity index (χ4n) is 0.0821. The molecule has 6 heavy (non-hydrogen) atoms. The largest absolute Gasteiger partial charge is 0.398 e. The lowest BCUT2D eigenvalue weighted by Gasteiger charge is -1.51. The van der Waals surface area contributed by atoms with Crippen LogP contribution in [0.15, 0.2) is 18.0 Å². The molecule has 0 aromatic rings. The van der Waals surface area contributed by atoms with E-state index in [1.807, 2.05) is 0 Å². The highest BCUT2D eigenvalue weighted by molar-refractivity contribution is 5.65. The third-order valence-corrected chi connectivity index (χ3v) is 0.238. The first-order valence-electron chi connectivity index (χ1n) is 1.40. The second-order valence-corrected chi connectivity index (χ2v) is 0.596. The zero-order valence-electron chi connectivity index (χ0n) is 3.14. The van der Waals surface area contributed by atoms with Crippen LogP contribution in [0.3, 0.4) is 0 Å². The van der Waals surface area contributed by atoms with E-state index < -0.39 is 0 Å². The topological polar surface area (TPSA) is 43.1 Å².